The molecule has 0 radical (unpaired) electrons. The van der Waals surface area contributed by atoms with E-state index in [1.165, 1.54) is 96.3 Å². The van der Waals surface area contributed by atoms with Crippen molar-refractivity contribution in [2.45, 2.75) is 181 Å². The van der Waals surface area contributed by atoms with Gasteiger partial charge < -0.3 is 9.05 Å². The molecule has 0 spiro atoms. The largest absolute Gasteiger partial charge is 0.321 e. The molecule has 38 heavy (non-hydrogen) atoms. The third kappa shape index (κ3) is 10.3. The number of nitrogens with zero attached hydrogens (tertiary/aromatic N) is 2. The molecular formula is C32H63N2O3P. The van der Waals surface area contributed by atoms with E-state index in [0.29, 0.717) is 12.1 Å². The third-order valence-corrected chi connectivity index (χ3v) is 10.5. The molecule has 1 saturated carbocycles. The molecule has 3 fully saturated rings. The fourth-order valence-corrected chi connectivity index (χ4v) is 8.90. The van der Waals surface area contributed by atoms with Gasteiger partial charge in [-0.3, -0.25) is 4.84 Å². The standard InChI is InChI=1S/C32H63N2O3P/c1-8-9-10-11-12-13-14-15-16-20-23-33(38-35-26-30(2,3)27-36-38)28-24-31(4,5)34(32(6,7)25-28)37-29-21-18-17-19-22-29/h28-29H,8-27H2,1-7H3. The Labute approximate surface area is 238 Å². The van der Waals surface area contributed by atoms with E-state index >= 15 is 0 Å². The van der Waals surface area contributed by atoms with Crippen molar-refractivity contribution < 1.29 is 13.9 Å². The Kier molecular flexibility index (Phi) is 13.3. The zero-order valence-electron chi connectivity index (χ0n) is 26.4. The quantitative estimate of drug-likeness (QED) is 0.149. The lowest BCUT2D eigenvalue weighted by atomic mass is 9.78. The Morgan fingerprint density at radius 1 is 0.737 bits per heavy atom. The second kappa shape index (κ2) is 15.5. The van der Waals surface area contributed by atoms with E-state index in [4.69, 9.17) is 13.9 Å². The summed E-state index contributed by atoms with van der Waals surface area (Å²) in [5.41, 5.74) is 0.0614. The number of hydrogen-bond acceptors (Lipinski definition) is 5. The Morgan fingerprint density at radius 2 is 1.24 bits per heavy atom. The van der Waals surface area contributed by atoms with Crippen LogP contribution in [0.4, 0.5) is 0 Å². The van der Waals surface area contributed by atoms with Gasteiger partial charge in [0.1, 0.15) is 0 Å². The molecule has 2 heterocycles. The summed E-state index contributed by atoms with van der Waals surface area (Å²) in [5.74, 6) is 0. The first-order chi connectivity index (χ1) is 18.0. The summed E-state index contributed by atoms with van der Waals surface area (Å²) >= 11 is 0. The van der Waals surface area contributed by atoms with Crippen LogP contribution >= 0.6 is 8.53 Å². The van der Waals surface area contributed by atoms with Crippen molar-refractivity contribution in [3.63, 3.8) is 0 Å². The molecule has 1 aliphatic carbocycles. The van der Waals surface area contributed by atoms with Crippen molar-refractivity contribution in [2.24, 2.45) is 5.41 Å². The summed E-state index contributed by atoms with van der Waals surface area (Å²) in [7, 11) is -0.992. The lowest BCUT2D eigenvalue weighted by Gasteiger charge is -2.57. The first kappa shape index (κ1) is 32.7. The molecule has 224 valence electrons. The van der Waals surface area contributed by atoms with Crippen LogP contribution in [0.3, 0.4) is 0 Å². The van der Waals surface area contributed by atoms with Crippen molar-refractivity contribution in [3.8, 4) is 0 Å². The van der Waals surface area contributed by atoms with Gasteiger partial charge in [-0.25, -0.2) is 4.67 Å². The van der Waals surface area contributed by atoms with Crippen LogP contribution in [0.2, 0.25) is 0 Å². The first-order valence-corrected chi connectivity index (χ1v) is 17.5. The average Bonchev–Trinajstić information content (AvgIpc) is 2.85. The molecule has 0 aromatic carbocycles. The molecule has 0 N–H and O–H groups in total. The summed E-state index contributed by atoms with van der Waals surface area (Å²) in [5, 5.41) is 2.39. The Balaban J connectivity index is 1.57. The maximum Gasteiger partial charge on any atom is 0.259 e. The van der Waals surface area contributed by atoms with Gasteiger partial charge in [-0.1, -0.05) is 97.8 Å². The van der Waals surface area contributed by atoms with Gasteiger partial charge in [0.25, 0.3) is 8.53 Å². The molecule has 6 heteroatoms. The number of unbranched alkanes of at least 4 members (excludes halogenated alkanes) is 9. The van der Waals surface area contributed by atoms with Gasteiger partial charge in [0, 0.05) is 29.1 Å². The Hall–Kier alpha value is 0.230. The van der Waals surface area contributed by atoms with Gasteiger partial charge in [0.05, 0.1) is 19.3 Å². The zero-order chi connectivity index (χ0) is 27.7. The fourth-order valence-electron chi connectivity index (χ4n) is 6.87. The van der Waals surface area contributed by atoms with E-state index in [0.717, 1.165) is 32.6 Å². The second-order valence-corrected chi connectivity index (χ2v) is 16.1. The number of piperidine rings is 1. The van der Waals surface area contributed by atoms with Crippen LogP contribution in [0.1, 0.15) is 158 Å². The molecule has 2 saturated heterocycles. The number of hydroxylamine groups is 2. The van der Waals surface area contributed by atoms with Crippen molar-refractivity contribution in [3.05, 3.63) is 0 Å². The fraction of sp³-hybridized carbons (Fsp3) is 1.00. The summed E-state index contributed by atoms with van der Waals surface area (Å²) < 4.78 is 15.6. The predicted octanol–water partition coefficient (Wildman–Crippen LogP) is 9.80. The van der Waals surface area contributed by atoms with Gasteiger partial charge in [-0.15, -0.1) is 0 Å². The van der Waals surface area contributed by atoms with Crippen LogP contribution in [0, 0.1) is 5.41 Å². The maximum absolute atomic E-state index is 6.79. The lowest BCUT2D eigenvalue weighted by molar-refractivity contribution is -0.313. The molecule has 5 nitrogen and oxygen atoms in total. The van der Waals surface area contributed by atoms with Crippen molar-refractivity contribution in [2.75, 3.05) is 19.8 Å². The summed E-state index contributed by atoms with van der Waals surface area (Å²) in [6.07, 6.45) is 22.7. The van der Waals surface area contributed by atoms with Crippen LogP contribution < -0.4 is 0 Å². The minimum absolute atomic E-state index is 0.0235. The van der Waals surface area contributed by atoms with E-state index < -0.39 is 8.53 Å². The number of rotatable bonds is 15. The Bertz CT molecular complexity index is 637. The van der Waals surface area contributed by atoms with Crippen molar-refractivity contribution >= 4 is 8.53 Å². The molecular weight excluding hydrogens is 491 g/mol. The first-order valence-electron chi connectivity index (χ1n) is 16.3. The predicted molar refractivity (Wildman–Crippen MR) is 162 cm³/mol. The van der Waals surface area contributed by atoms with E-state index in [-0.39, 0.29) is 16.5 Å². The van der Waals surface area contributed by atoms with Crippen LogP contribution in [-0.2, 0) is 13.9 Å². The van der Waals surface area contributed by atoms with Gasteiger partial charge in [0.2, 0.25) is 0 Å². The molecule has 3 rings (SSSR count). The third-order valence-electron chi connectivity index (χ3n) is 8.88. The SMILES string of the molecule is CCCCCCCCCCCCN(C1CC(C)(C)N(OC2CCCCC2)C(C)(C)C1)P1OCC(C)(C)CO1. The highest BCUT2D eigenvalue weighted by Crippen LogP contribution is 2.53. The monoisotopic (exact) mass is 554 g/mol. The minimum Gasteiger partial charge on any atom is -0.321 e. The topological polar surface area (TPSA) is 34.2 Å². The molecule has 0 atom stereocenters. The van der Waals surface area contributed by atoms with Gasteiger partial charge in [0.15, 0.2) is 0 Å². The maximum atomic E-state index is 6.79. The second-order valence-electron chi connectivity index (χ2n) is 14.6. The average molecular weight is 555 g/mol. The molecule has 0 bridgehead atoms. The molecule has 0 unspecified atom stereocenters. The summed E-state index contributed by atoms with van der Waals surface area (Å²) in [4.78, 5) is 6.79. The van der Waals surface area contributed by atoms with Crippen LogP contribution in [0.5, 0.6) is 0 Å². The number of hydrogen-bond donors (Lipinski definition) is 0. The lowest BCUT2D eigenvalue weighted by Crippen LogP contribution is -2.64. The highest BCUT2D eigenvalue weighted by Gasteiger charge is 2.50. The van der Waals surface area contributed by atoms with Gasteiger partial charge >= 0.3 is 0 Å². The zero-order valence-corrected chi connectivity index (χ0v) is 27.3. The van der Waals surface area contributed by atoms with Crippen molar-refractivity contribution in [1.29, 1.82) is 0 Å². The Morgan fingerprint density at radius 3 is 1.76 bits per heavy atom. The van der Waals surface area contributed by atoms with E-state index in [1.54, 1.807) is 0 Å². The van der Waals surface area contributed by atoms with Crippen LogP contribution in [0.15, 0.2) is 0 Å². The van der Waals surface area contributed by atoms with E-state index in [9.17, 15) is 0 Å². The van der Waals surface area contributed by atoms with Crippen molar-refractivity contribution in [1.82, 2.24) is 9.73 Å². The highest BCUT2D eigenvalue weighted by molar-refractivity contribution is 7.44. The summed E-state index contributed by atoms with van der Waals surface area (Å²) in [6.45, 7) is 19.0. The molecule has 2 aliphatic heterocycles. The highest BCUT2D eigenvalue weighted by atomic mass is 31.2. The van der Waals surface area contributed by atoms with Crippen LogP contribution in [0.25, 0.3) is 0 Å². The summed E-state index contributed by atoms with van der Waals surface area (Å²) in [6, 6.07) is 0.456. The molecule has 0 amide bonds. The van der Waals surface area contributed by atoms with E-state index in [1.807, 2.05) is 0 Å². The smallest absolute Gasteiger partial charge is 0.259 e. The van der Waals surface area contributed by atoms with Crippen LogP contribution in [-0.4, -0.2) is 52.7 Å². The van der Waals surface area contributed by atoms with Gasteiger partial charge in [-0.05, 0) is 59.8 Å². The minimum atomic E-state index is -0.992. The molecule has 3 aliphatic rings. The van der Waals surface area contributed by atoms with Gasteiger partial charge in [-0.2, -0.15) is 5.06 Å². The molecule has 0 aromatic heterocycles. The molecule has 0 aromatic rings. The normalized spacial score (nSPS) is 25.3. The van der Waals surface area contributed by atoms with E-state index in [2.05, 4.69) is 58.2 Å².